The molecule has 0 aliphatic carbocycles. The summed E-state index contributed by atoms with van der Waals surface area (Å²) in [5.74, 6) is -0.662. The second-order valence-corrected chi connectivity index (χ2v) is 8.27. The molecule has 2 aromatic carbocycles. The van der Waals surface area contributed by atoms with E-state index in [1.807, 2.05) is 9.80 Å². The van der Waals surface area contributed by atoms with Crippen molar-refractivity contribution in [2.75, 3.05) is 36.0 Å². The fourth-order valence-corrected chi connectivity index (χ4v) is 4.26. The Morgan fingerprint density at radius 2 is 1.58 bits per heavy atom. The number of carbonyl (C=O) groups excluding carboxylic acids is 2. The highest BCUT2D eigenvalue weighted by atomic mass is 35.5. The molecule has 0 spiro atoms. The van der Waals surface area contributed by atoms with Crippen LogP contribution in [0.4, 0.5) is 24.5 Å². The van der Waals surface area contributed by atoms with E-state index < -0.39 is 17.8 Å². The van der Waals surface area contributed by atoms with Crippen molar-refractivity contribution in [2.24, 2.45) is 0 Å². The standard InChI is InChI=1S/C21H18Cl2F3N3O2/c22-16-5-4-15(11-17(16)23)29-19(30)12-18(20(29)31)28-8-6-27(7-9-28)14-3-1-2-13(10-14)21(24,25)26/h1-5,10-11,18H,6-9,12H2/t18-/m1/s1. The number of carbonyl (C=O) groups is 2. The summed E-state index contributed by atoms with van der Waals surface area (Å²) >= 11 is 11.9. The van der Waals surface area contributed by atoms with E-state index in [4.69, 9.17) is 23.2 Å². The zero-order chi connectivity index (χ0) is 22.3. The largest absolute Gasteiger partial charge is 0.416 e. The number of amides is 2. The third-order valence-corrected chi connectivity index (χ3v) is 6.32. The van der Waals surface area contributed by atoms with Crippen molar-refractivity contribution < 1.29 is 22.8 Å². The molecule has 2 aromatic rings. The summed E-state index contributed by atoms with van der Waals surface area (Å²) in [6, 6.07) is 9.17. The molecule has 2 fully saturated rings. The van der Waals surface area contributed by atoms with Crippen LogP contribution in [0.25, 0.3) is 0 Å². The van der Waals surface area contributed by atoms with Gasteiger partial charge in [0.1, 0.15) is 0 Å². The van der Waals surface area contributed by atoms with Gasteiger partial charge in [-0.25, -0.2) is 4.90 Å². The van der Waals surface area contributed by atoms with Crippen LogP contribution in [0.5, 0.6) is 0 Å². The Balaban J connectivity index is 1.44. The molecule has 0 N–H and O–H groups in total. The van der Waals surface area contributed by atoms with Crippen LogP contribution in [-0.2, 0) is 15.8 Å². The van der Waals surface area contributed by atoms with Crippen LogP contribution in [0.2, 0.25) is 10.0 Å². The minimum atomic E-state index is -4.40. The second kappa shape index (κ2) is 8.33. The number of rotatable bonds is 3. The molecule has 164 valence electrons. The van der Waals surface area contributed by atoms with E-state index in [-0.39, 0.29) is 23.3 Å². The number of anilines is 2. The SMILES string of the molecule is O=C1C[C@@H](N2CCN(c3cccc(C(F)(F)F)c3)CC2)C(=O)N1c1ccc(Cl)c(Cl)c1. The average Bonchev–Trinajstić information content (AvgIpc) is 3.04. The summed E-state index contributed by atoms with van der Waals surface area (Å²) in [5.41, 5.74) is 0.163. The number of imide groups is 1. The first-order chi connectivity index (χ1) is 14.6. The van der Waals surface area contributed by atoms with Crippen LogP contribution in [0.1, 0.15) is 12.0 Å². The summed E-state index contributed by atoms with van der Waals surface area (Å²) < 4.78 is 39.0. The van der Waals surface area contributed by atoms with Gasteiger partial charge in [0.15, 0.2) is 0 Å². The van der Waals surface area contributed by atoms with Gasteiger partial charge in [-0.3, -0.25) is 14.5 Å². The maximum absolute atomic E-state index is 13.0. The molecule has 10 heteroatoms. The van der Waals surface area contributed by atoms with Crippen LogP contribution < -0.4 is 9.80 Å². The molecule has 0 bridgehead atoms. The van der Waals surface area contributed by atoms with Gasteiger partial charge in [-0.2, -0.15) is 13.2 Å². The van der Waals surface area contributed by atoms with Gasteiger partial charge >= 0.3 is 6.18 Å². The zero-order valence-electron chi connectivity index (χ0n) is 16.2. The molecule has 2 aliphatic heterocycles. The maximum Gasteiger partial charge on any atom is 0.416 e. The number of hydrogen-bond donors (Lipinski definition) is 0. The van der Waals surface area contributed by atoms with Gasteiger partial charge in [0.25, 0.3) is 5.91 Å². The number of alkyl halides is 3. The highest BCUT2D eigenvalue weighted by molar-refractivity contribution is 6.42. The highest BCUT2D eigenvalue weighted by Gasteiger charge is 2.43. The fraction of sp³-hybridized carbons (Fsp3) is 0.333. The smallest absolute Gasteiger partial charge is 0.369 e. The van der Waals surface area contributed by atoms with E-state index >= 15 is 0 Å². The van der Waals surface area contributed by atoms with Gasteiger partial charge in [0, 0.05) is 31.9 Å². The van der Waals surface area contributed by atoms with Crippen molar-refractivity contribution in [1.82, 2.24) is 4.90 Å². The Bertz CT molecular complexity index is 1020. The lowest BCUT2D eigenvalue weighted by Crippen LogP contribution is -2.52. The Kier molecular flexibility index (Phi) is 5.89. The number of benzene rings is 2. The normalized spacial score (nSPS) is 20.6. The summed E-state index contributed by atoms with van der Waals surface area (Å²) in [5, 5.41) is 0.574. The Morgan fingerprint density at radius 3 is 2.23 bits per heavy atom. The molecular formula is C21H18Cl2F3N3O2. The van der Waals surface area contributed by atoms with Gasteiger partial charge in [-0.1, -0.05) is 29.3 Å². The molecule has 4 rings (SSSR count). The molecule has 2 amide bonds. The van der Waals surface area contributed by atoms with Crippen molar-refractivity contribution >= 4 is 46.4 Å². The van der Waals surface area contributed by atoms with E-state index in [1.54, 1.807) is 12.1 Å². The van der Waals surface area contributed by atoms with Crippen LogP contribution in [0.15, 0.2) is 42.5 Å². The molecule has 0 saturated carbocycles. The first-order valence-electron chi connectivity index (χ1n) is 9.63. The first-order valence-corrected chi connectivity index (χ1v) is 10.4. The highest BCUT2D eigenvalue weighted by Crippen LogP contribution is 2.33. The molecule has 0 aromatic heterocycles. The van der Waals surface area contributed by atoms with Crippen molar-refractivity contribution in [2.45, 2.75) is 18.6 Å². The zero-order valence-corrected chi connectivity index (χ0v) is 17.7. The molecular weight excluding hydrogens is 454 g/mol. The topological polar surface area (TPSA) is 43.9 Å². The first kappa shape index (κ1) is 21.9. The molecule has 2 aliphatic rings. The third kappa shape index (κ3) is 4.37. The summed E-state index contributed by atoms with van der Waals surface area (Å²) in [6.07, 6.45) is -4.36. The predicted molar refractivity (Wildman–Crippen MR) is 113 cm³/mol. The van der Waals surface area contributed by atoms with Crippen molar-refractivity contribution in [3.05, 3.63) is 58.1 Å². The van der Waals surface area contributed by atoms with Gasteiger partial charge in [-0.05, 0) is 36.4 Å². The van der Waals surface area contributed by atoms with Crippen LogP contribution in [-0.4, -0.2) is 48.9 Å². The van der Waals surface area contributed by atoms with Crippen molar-refractivity contribution in [1.29, 1.82) is 0 Å². The lowest BCUT2D eigenvalue weighted by molar-refractivity contribution is -0.137. The molecule has 0 unspecified atom stereocenters. The quantitative estimate of drug-likeness (QED) is 0.619. The van der Waals surface area contributed by atoms with Gasteiger partial charge in [-0.15, -0.1) is 0 Å². The van der Waals surface area contributed by atoms with Gasteiger partial charge in [0.05, 0.1) is 33.8 Å². The van der Waals surface area contributed by atoms with E-state index in [0.29, 0.717) is 42.6 Å². The van der Waals surface area contributed by atoms with Crippen LogP contribution in [0, 0.1) is 0 Å². The molecule has 31 heavy (non-hydrogen) atoms. The lowest BCUT2D eigenvalue weighted by Gasteiger charge is -2.38. The van der Waals surface area contributed by atoms with E-state index in [2.05, 4.69) is 0 Å². The minimum absolute atomic E-state index is 0.0443. The number of halogens is 5. The minimum Gasteiger partial charge on any atom is -0.369 e. The van der Waals surface area contributed by atoms with Crippen LogP contribution >= 0.6 is 23.2 Å². The van der Waals surface area contributed by atoms with Crippen LogP contribution in [0.3, 0.4) is 0 Å². The summed E-state index contributed by atoms with van der Waals surface area (Å²) in [7, 11) is 0. The lowest BCUT2D eigenvalue weighted by atomic mass is 10.1. The van der Waals surface area contributed by atoms with Gasteiger partial charge in [0.2, 0.25) is 5.91 Å². The summed E-state index contributed by atoms with van der Waals surface area (Å²) in [6.45, 7) is 1.81. The number of hydrogen-bond acceptors (Lipinski definition) is 4. The monoisotopic (exact) mass is 471 g/mol. The molecule has 2 saturated heterocycles. The third-order valence-electron chi connectivity index (χ3n) is 5.58. The fourth-order valence-electron chi connectivity index (χ4n) is 3.97. The molecule has 2 heterocycles. The molecule has 5 nitrogen and oxygen atoms in total. The Hall–Kier alpha value is -2.29. The summed E-state index contributed by atoms with van der Waals surface area (Å²) in [4.78, 5) is 30.4. The average molecular weight is 472 g/mol. The van der Waals surface area contributed by atoms with Crippen molar-refractivity contribution in [3.63, 3.8) is 0 Å². The number of piperazine rings is 1. The van der Waals surface area contributed by atoms with E-state index in [9.17, 15) is 22.8 Å². The van der Waals surface area contributed by atoms with E-state index in [0.717, 1.165) is 17.0 Å². The molecule has 0 radical (unpaired) electrons. The van der Waals surface area contributed by atoms with Crippen molar-refractivity contribution in [3.8, 4) is 0 Å². The maximum atomic E-state index is 13.0. The Morgan fingerprint density at radius 1 is 0.871 bits per heavy atom. The van der Waals surface area contributed by atoms with Gasteiger partial charge < -0.3 is 4.90 Å². The Labute approximate surface area is 186 Å². The predicted octanol–water partition coefficient (Wildman–Crippen LogP) is 4.47. The number of nitrogens with zero attached hydrogens (tertiary/aromatic N) is 3. The molecule has 1 atom stereocenters. The van der Waals surface area contributed by atoms with E-state index in [1.165, 1.54) is 18.2 Å². The second-order valence-electron chi connectivity index (χ2n) is 7.46.